The lowest BCUT2D eigenvalue weighted by Crippen LogP contribution is -2.46. The van der Waals surface area contributed by atoms with Gasteiger partial charge < -0.3 is 22.1 Å². The number of hydrogen-bond donors (Lipinski definition) is 4. The highest BCUT2D eigenvalue weighted by Crippen LogP contribution is 2.36. The van der Waals surface area contributed by atoms with Crippen molar-refractivity contribution in [3.63, 3.8) is 0 Å². The lowest BCUT2D eigenvalue weighted by atomic mass is 9.79. The number of nitrogens with two attached hydrogens (primary N) is 2. The number of halogens is 2. The van der Waals surface area contributed by atoms with Gasteiger partial charge in [0, 0.05) is 30.2 Å². The molecule has 1 amide bonds. The number of carbonyl (C=O) groups is 1. The quantitative estimate of drug-likeness (QED) is 0.448. The van der Waals surface area contributed by atoms with Crippen molar-refractivity contribution in [2.45, 2.75) is 37.3 Å². The Balaban J connectivity index is 1.51. The molecule has 1 aromatic heterocycles. The van der Waals surface area contributed by atoms with E-state index in [2.05, 4.69) is 15.7 Å². The lowest BCUT2D eigenvalue weighted by molar-refractivity contribution is 0.100. The van der Waals surface area contributed by atoms with Crippen LogP contribution in [0.1, 0.15) is 36.0 Å². The molecular weight excluding hydrogens is 414 g/mol. The molecule has 1 fully saturated rings. The second kappa shape index (κ2) is 8.96. The van der Waals surface area contributed by atoms with Crippen LogP contribution in [0.3, 0.4) is 0 Å². The Kier molecular flexibility index (Phi) is 6.09. The summed E-state index contributed by atoms with van der Waals surface area (Å²) in [5, 5.41) is 11.1. The van der Waals surface area contributed by atoms with E-state index in [0.29, 0.717) is 18.1 Å². The van der Waals surface area contributed by atoms with Crippen LogP contribution in [-0.4, -0.2) is 28.3 Å². The van der Waals surface area contributed by atoms with Crippen LogP contribution in [0.5, 0.6) is 0 Å². The standard InChI is InChI=1S/C23H26F2N6O/c24-15-1-5-17(6-2-15)28-19-9-11-23(14-26,12-10-19)31-13-20(21(27)32)22(30-31)29-18-7-3-16(25)4-8-18/h1-8,13,19,28H,9-12,14,26H2,(H2,27,32)(H,29,30). The van der Waals surface area contributed by atoms with E-state index >= 15 is 0 Å². The number of rotatable bonds is 7. The molecule has 1 saturated carbocycles. The molecule has 0 atom stereocenters. The predicted octanol–water partition coefficient (Wildman–Crippen LogP) is 3.71. The van der Waals surface area contributed by atoms with E-state index in [1.807, 2.05) is 0 Å². The van der Waals surface area contributed by atoms with Gasteiger partial charge in [0.05, 0.1) is 5.54 Å². The molecule has 3 aromatic rings. The van der Waals surface area contributed by atoms with Crippen molar-refractivity contribution in [1.82, 2.24) is 9.78 Å². The Labute approximate surface area is 184 Å². The molecule has 1 heterocycles. The molecule has 0 unspecified atom stereocenters. The van der Waals surface area contributed by atoms with Gasteiger partial charge in [0.25, 0.3) is 5.91 Å². The van der Waals surface area contributed by atoms with Gasteiger partial charge in [-0.25, -0.2) is 8.78 Å². The van der Waals surface area contributed by atoms with E-state index in [9.17, 15) is 13.6 Å². The van der Waals surface area contributed by atoms with E-state index in [0.717, 1.165) is 31.4 Å². The van der Waals surface area contributed by atoms with Gasteiger partial charge in [0.2, 0.25) is 0 Å². The monoisotopic (exact) mass is 440 g/mol. The van der Waals surface area contributed by atoms with Gasteiger partial charge in [0.1, 0.15) is 17.2 Å². The second-order valence-corrected chi connectivity index (χ2v) is 8.19. The smallest absolute Gasteiger partial charge is 0.254 e. The van der Waals surface area contributed by atoms with Crippen molar-refractivity contribution in [2.75, 3.05) is 17.2 Å². The van der Waals surface area contributed by atoms with Gasteiger partial charge in [-0.05, 0) is 74.2 Å². The van der Waals surface area contributed by atoms with E-state index in [-0.39, 0.29) is 23.2 Å². The first kappa shape index (κ1) is 21.8. The zero-order valence-electron chi connectivity index (χ0n) is 17.5. The Bertz CT molecular complexity index is 1070. The van der Waals surface area contributed by atoms with Gasteiger partial charge in [0.15, 0.2) is 5.82 Å². The first-order valence-corrected chi connectivity index (χ1v) is 10.5. The van der Waals surface area contributed by atoms with Crippen LogP contribution in [0.4, 0.5) is 26.0 Å². The maximum absolute atomic E-state index is 13.2. The third kappa shape index (κ3) is 4.57. The fourth-order valence-electron chi connectivity index (χ4n) is 4.17. The summed E-state index contributed by atoms with van der Waals surface area (Å²) in [6, 6.07) is 12.3. The minimum Gasteiger partial charge on any atom is -0.382 e. The number of amides is 1. The SMILES string of the molecule is NCC1(n2cc(C(N)=O)c(Nc3ccc(F)cc3)n2)CCC(Nc2ccc(F)cc2)CC1. The Morgan fingerprint density at radius 2 is 1.59 bits per heavy atom. The molecule has 0 spiro atoms. The summed E-state index contributed by atoms with van der Waals surface area (Å²) in [6.45, 7) is 0.353. The summed E-state index contributed by atoms with van der Waals surface area (Å²) in [4.78, 5) is 12.0. The van der Waals surface area contributed by atoms with Gasteiger partial charge in [-0.1, -0.05) is 0 Å². The van der Waals surface area contributed by atoms with Crippen molar-refractivity contribution in [3.8, 4) is 0 Å². The molecule has 7 nitrogen and oxygen atoms in total. The number of nitrogens with zero attached hydrogens (tertiary/aromatic N) is 2. The summed E-state index contributed by atoms with van der Waals surface area (Å²) in [7, 11) is 0. The molecule has 4 rings (SSSR count). The molecular formula is C23H26F2N6O. The molecule has 6 N–H and O–H groups in total. The first-order valence-electron chi connectivity index (χ1n) is 10.5. The number of benzene rings is 2. The van der Waals surface area contributed by atoms with Crippen LogP contribution >= 0.6 is 0 Å². The summed E-state index contributed by atoms with van der Waals surface area (Å²) < 4.78 is 28.1. The number of carbonyl (C=O) groups excluding carboxylic acids is 1. The highest BCUT2D eigenvalue weighted by molar-refractivity contribution is 5.98. The molecule has 168 valence electrons. The third-order valence-corrected chi connectivity index (χ3v) is 6.08. The minimum atomic E-state index is -0.611. The maximum atomic E-state index is 13.2. The summed E-state index contributed by atoms with van der Waals surface area (Å²) in [5.41, 5.74) is 13.0. The van der Waals surface area contributed by atoms with Crippen molar-refractivity contribution >= 4 is 23.1 Å². The zero-order chi connectivity index (χ0) is 22.7. The summed E-state index contributed by atoms with van der Waals surface area (Å²) in [5.74, 6) is -0.928. The second-order valence-electron chi connectivity index (χ2n) is 8.19. The number of hydrogen-bond acceptors (Lipinski definition) is 5. The average Bonchev–Trinajstić information content (AvgIpc) is 3.22. The largest absolute Gasteiger partial charge is 0.382 e. The molecule has 0 radical (unpaired) electrons. The van der Waals surface area contributed by atoms with Crippen molar-refractivity contribution in [2.24, 2.45) is 11.5 Å². The fraction of sp³-hybridized carbons (Fsp3) is 0.304. The fourth-order valence-corrected chi connectivity index (χ4v) is 4.17. The number of anilines is 3. The van der Waals surface area contributed by atoms with Gasteiger partial charge >= 0.3 is 0 Å². The van der Waals surface area contributed by atoms with Crippen molar-refractivity contribution in [3.05, 3.63) is 71.9 Å². The van der Waals surface area contributed by atoms with Crippen molar-refractivity contribution in [1.29, 1.82) is 0 Å². The zero-order valence-corrected chi connectivity index (χ0v) is 17.5. The van der Waals surface area contributed by atoms with Crippen LogP contribution in [0.25, 0.3) is 0 Å². The highest BCUT2D eigenvalue weighted by Gasteiger charge is 2.37. The number of aromatic nitrogens is 2. The molecule has 0 saturated heterocycles. The van der Waals surface area contributed by atoms with Gasteiger partial charge in [-0.3, -0.25) is 9.48 Å². The van der Waals surface area contributed by atoms with Crippen LogP contribution < -0.4 is 22.1 Å². The Morgan fingerprint density at radius 1 is 1.03 bits per heavy atom. The molecule has 9 heteroatoms. The average molecular weight is 440 g/mol. The van der Waals surface area contributed by atoms with E-state index in [4.69, 9.17) is 11.5 Å². The molecule has 1 aliphatic carbocycles. The normalized spacial score (nSPS) is 20.7. The Morgan fingerprint density at radius 3 is 2.12 bits per heavy atom. The molecule has 2 aromatic carbocycles. The highest BCUT2D eigenvalue weighted by atomic mass is 19.1. The predicted molar refractivity (Wildman–Crippen MR) is 120 cm³/mol. The van der Waals surface area contributed by atoms with E-state index in [1.165, 1.54) is 24.3 Å². The van der Waals surface area contributed by atoms with Crippen LogP contribution in [0.15, 0.2) is 54.7 Å². The van der Waals surface area contributed by atoms with E-state index < -0.39 is 11.4 Å². The molecule has 0 aliphatic heterocycles. The molecule has 0 bridgehead atoms. The first-order chi connectivity index (χ1) is 15.4. The van der Waals surface area contributed by atoms with Crippen LogP contribution in [-0.2, 0) is 5.54 Å². The van der Waals surface area contributed by atoms with Crippen molar-refractivity contribution < 1.29 is 13.6 Å². The summed E-state index contributed by atoms with van der Waals surface area (Å²) in [6.07, 6.45) is 4.80. The molecule has 32 heavy (non-hydrogen) atoms. The van der Waals surface area contributed by atoms with E-state index in [1.54, 1.807) is 35.1 Å². The van der Waals surface area contributed by atoms with Crippen LogP contribution in [0, 0.1) is 11.6 Å². The summed E-state index contributed by atoms with van der Waals surface area (Å²) >= 11 is 0. The minimum absolute atomic E-state index is 0.225. The number of nitrogens with one attached hydrogen (secondary N) is 2. The van der Waals surface area contributed by atoms with Gasteiger partial charge in [-0.2, -0.15) is 5.10 Å². The maximum Gasteiger partial charge on any atom is 0.254 e. The Hall–Kier alpha value is -3.46. The van der Waals surface area contributed by atoms with Crippen LogP contribution in [0.2, 0.25) is 0 Å². The molecule has 1 aliphatic rings. The number of primary amides is 1. The van der Waals surface area contributed by atoms with Gasteiger partial charge in [-0.15, -0.1) is 0 Å². The topological polar surface area (TPSA) is 111 Å². The lowest BCUT2D eigenvalue weighted by Gasteiger charge is -2.40. The third-order valence-electron chi connectivity index (χ3n) is 6.08.